The molecule has 9 nitrogen and oxygen atoms in total. The number of carbonyl (C=O) groups is 2. The summed E-state index contributed by atoms with van der Waals surface area (Å²) in [4.78, 5) is 25.8. The van der Waals surface area contributed by atoms with Gasteiger partial charge in [0.2, 0.25) is 0 Å². The van der Waals surface area contributed by atoms with E-state index in [4.69, 9.17) is 16.7 Å². The van der Waals surface area contributed by atoms with Gasteiger partial charge >= 0.3 is 6.18 Å². The van der Waals surface area contributed by atoms with Crippen LogP contribution in [0.15, 0.2) is 47.5 Å². The van der Waals surface area contributed by atoms with Crippen LogP contribution in [-0.2, 0) is 27.7 Å². The third-order valence-corrected chi connectivity index (χ3v) is 6.92. The number of nitrogens with one attached hydrogen (secondary N) is 1. The van der Waals surface area contributed by atoms with Gasteiger partial charge in [0.15, 0.2) is 0 Å². The van der Waals surface area contributed by atoms with E-state index in [1.54, 1.807) is 18.2 Å². The van der Waals surface area contributed by atoms with Gasteiger partial charge in [-0.3, -0.25) is 19.2 Å². The molecule has 0 unspecified atom stereocenters. The minimum absolute atomic E-state index is 0.00609. The molecule has 1 fully saturated rings. The predicted octanol–water partition coefficient (Wildman–Crippen LogP) is 3.59. The average molecular weight is 560 g/mol. The van der Waals surface area contributed by atoms with Crippen molar-refractivity contribution in [2.75, 3.05) is 13.1 Å². The SMILES string of the molecule is NS(=O)(=O)NCCN1C(=O)SC(=Cc2ccc3c(cnn3Cc3ccc(Cl)cc3C(F)(F)F)c2)C1=O. The van der Waals surface area contributed by atoms with E-state index in [0.717, 1.165) is 11.0 Å². The Morgan fingerprint density at radius 2 is 1.92 bits per heavy atom. The maximum absolute atomic E-state index is 13.4. The lowest BCUT2D eigenvalue weighted by atomic mass is 10.1. The van der Waals surface area contributed by atoms with Gasteiger partial charge < -0.3 is 0 Å². The maximum atomic E-state index is 13.4. The van der Waals surface area contributed by atoms with Gasteiger partial charge in [0.25, 0.3) is 21.4 Å². The van der Waals surface area contributed by atoms with Crippen molar-refractivity contribution in [3.05, 3.63) is 69.2 Å². The van der Waals surface area contributed by atoms with Crippen molar-refractivity contribution >= 4 is 61.7 Å². The number of rotatable bonds is 7. The van der Waals surface area contributed by atoms with E-state index < -0.39 is 33.1 Å². The number of amides is 2. The van der Waals surface area contributed by atoms with Crippen molar-refractivity contribution in [1.29, 1.82) is 0 Å². The van der Waals surface area contributed by atoms with Crippen LogP contribution in [0.1, 0.15) is 16.7 Å². The van der Waals surface area contributed by atoms with Crippen LogP contribution >= 0.6 is 23.4 Å². The molecule has 1 saturated heterocycles. The summed E-state index contributed by atoms with van der Waals surface area (Å²) in [5.41, 5.74) is 0.298. The fourth-order valence-electron chi connectivity index (χ4n) is 3.58. The normalized spacial score (nSPS) is 16.0. The van der Waals surface area contributed by atoms with E-state index in [1.807, 2.05) is 4.72 Å². The van der Waals surface area contributed by atoms with Crippen molar-refractivity contribution in [2.45, 2.75) is 12.7 Å². The second kappa shape index (κ2) is 9.86. The second-order valence-electron chi connectivity index (χ2n) is 7.69. The quantitative estimate of drug-likeness (QED) is 0.426. The molecule has 3 N–H and O–H groups in total. The molecule has 0 saturated carbocycles. The van der Waals surface area contributed by atoms with Gasteiger partial charge in [0.1, 0.15) is 0 Å². The van der Waals surface area contributed by atoms with Gasteiger partial charge in [-0.2, -0.15) is 26.7 Å². The van der Waals surface area contributed by atoms with E-state index in [-0.39, 0.29) is 35.1 Å². The van der Waals surface area contributed by atoms with E-state index in [1.165, 1.54) is 29.1 Å². The molecule has 2 amide bonds. The number of nitrogens with zero attached hydrogens (tertiary/aromatic N) is 3. The standard InChI is InChI=1S/C21H17ClF3N5O4S2/c22-15-3-2-13(16(9-15)21(23,24)25)11-30-17-4-1-12(7-14(17)10-27-30)8-18-19(31)29(20(32)35-18)6-5-28-36(26,33)34/h1-4,7-10,28H,5-6,11H2,(H2,26,33,34). The Kier molecular flexibility index (Phi) is 7.16. The Hall–Kier alpha value is -2.91. The largest absolute Gasteiger partial charge is 0.416 e. The number of halogens is 4. The summed E-state index contributed by atoms with van der Waals surface area (Å²) in [6, 6.07) is 8.54. The van der Waals surface area contributed by atoms with Gasteiger partial charge in [0, 0.05) is 23.5 Å². The Labute approximate surface area is 212 Å². The number of carbonyl (C=O) groups excluding carboxylic acids is 2. The minimum Gasteiger partial charge on any atom is -0.268 e. The molecule has 2 heterocycles. The van der Waals surface area contributed by atoms with Crippen LogP contribution in [-0.4, -0.2) is 47.3 Å². The van der Waals surface area contributed by atoms with Crippen LogP contribution < -0.4 is 9.86 Å². The van der Waals surface area contributed by atoms with Crippen molar-refractivity contribution in [3.8, 4) is 0 Å². The number of nitrogens with two attached hydrogens (primary N) is 1. The zero-order valence-electron chi connectivity index (χ0n) is 18.1. The van der Waals surface area contributed by atoms with Gasteiger partial charge in [0.05, 0.1) is 28.7 Å². The molecule has 2 aromatic carbocycles. The number of fused-ring (bicyclic) bond motifs is 1. The first kappa shape index (κ1) is 26.2. The van der Waals surface area contributed by atoms with Gasteiger partial charge in [-0.25, -0.2) is 9.86 Å². The van der Waals surface area contributed by atoms with E-state index in [9.17, 15) is 31.2 Å². The summed E-state index contributed by atoms with van der Waals surface area (Å²) in [5.74, 6) is -0.584. The fourth-order valence-corrected chi connectivity index (χ4v) is 4.99. The van der Waals surface area contributed by atoms with E-state index in [2.05, 4.69) is 5.10 Å². The summed E-state index contributed by atoms with van der Waals surface area (Å²) in [5, 5.41) is 9.07. The van der Waals surface area contributed by atoms with E-state index in [0.29, 0.717) is 28.2 Å². The molecule has 1 aliphatic rings. The first-order chi connectivity index (χ1) is 16.8. The first-order valence-corrected chi connectivity index (χ1v) is 12.9. The molecule has 0 atom stereocenters. The van der Waals surface area contributed by atoms with Gasteiger partial charge in [-0.15, -0.1) is 0 Å². The molecule has 0 spiro atoms. The topological polar surface area (TPSA) is 127 Å². The van der Waals surface area contributed by atoms with Gasteiger partial charge in [-0.05, 0) is 53.2 Å². The third-order valence-electron chi connectivity index (χ3n) is 5.17. The van der Waals surface area contributed by atoms with Crippen LogP contribution in [0.4, 0.5) is 18.0 Å². The Balaban J connectivity index is 1.54. The Bertz CT molecular complexity index is 1500. The number of aromatic nitrogens is 2. The number of thioether (sulfide) groups is 1. The Morgan fingerprint density at radius 3 is 2.61 bits per heavy atom. The second-order valence-corrected chi connectivity index (χ2v) is 10.5. The van der Waals surface area contributed by atoms with Gasteiger partial charge in [-0.1, -0.05) is 23.7 Å². The Morgan fingerprint density at radius 1 is 1.17 bits per heavy atom. The highest BCUT2D eigenvalue weighted by molar-refractivity contribution is 8.18. The fraction of sp³-hybridized carbons (Fsp3) is 0.190. The molecule has 15 heteroatoms. The van der Waals surface area contributed by atoms with Crippen LogP contribution in [0.5, 0.6) is 0 Å². The zero-order valence-corrected chi connectivity index (χ0v) is 20.5. The molecule has 1 aromatic heterocycles. The smallest absolute Gasteiger partial charge is 0.268 e. The molecule has 4 rings (SSSR count). The molecule has 3 aromatic rings. The highest BCUT2D eigenvalue weighted by atomic mass is 35.5. The summed E-state index contributed by atoms with van der Waals surface area (Å²) >= 11 is 6.45. The first-order valence-electron chi connectivity index (χ1n) is 10.2. The van der Waals surface area contributed by atoms with Crippen molar-refractivity contribution < 1.29 is 31.2 Å². The summed E-state index contributed by atoms with van der Waals surface area (Å²) in [7, 11) is -3.95. The molecular weight excluding hydrogens is 543 g/mol. The number of hydrogen-bond donors (Lipinski definition) is 2. The highest BCUT2D eigenvalue weighted by Gasteiger charge is 2.35. The molecule has 0 radical (unpaired) electrons. The third kappa shape index (κ3) is 5.90. The minimum atomic E-state index is -4.58. The van der Waals surface area contributed by atoms with Crippen molar-refractivity contribution in [1.82, 2.24) is 19.4 Å². The maximum Gasteiger partial charge on any atom is 0.416 e. The van der Waals surface area contributed by atoms with Crippen LogP contribution in [0.25, 0.3) is 17.0 Å². The zero-order chi connectivity index (χ0) is 26.3. The monoisotopic (exact) mass is 559 g/mol. The van der Waals surface area contributed by atoms with Crippen molar-refractivity contribution in [2.24, 2.45) is 5.14 Å². The predicted molar refractivity (Wildman–Crippen MR) is 129 cm³/mol. The lowest BCUT2D eigenvalue weighted by molar-refractivity contribution is -0.138. The van der Waals surface area contributed by atoms with Crippen LogP contribution in [0, 0.1) is 0 Å². The molecule has 36 heavy (non-hydrogen) atoms. The summed E-state index contributed by atoms with van der Waals surface area (Å²) in [6.45, 7) is -0.547. The summed E-state index contributed by atoms with van der Waals surface area (Å²) in [6.07, 6.45) is -1.59. The molecule has 190 valence electrons. The molecule has 0 bridgehead atoms. The van der Waals surface area contributed by atoms with Crippen LogP contribution in [0.3, 0.4) is 0 Å². The van der Waals surface area contributed by atoms with Crippen LogP contribution in [0.2, 0.25) is 5.02 Å². The number of hydrogen-bond acceptors (Lipinski definition) is 6. The number of imide groups is 1. The lowest BCUT2D eigenvalue weighted by Gasteiger charge is -2.14. The number of benzene rings is 2. The molecular formula is C21H17ClF3N5O4S2. The lowest BCUT2D eigenvalue weighted by Crippen LogP contribution is -2.39. The number of alkyl halides is 3. The summed E-state index contributed by atoms with van der Waals surface area (Å²) < 4.78 is 65.7. The molecule has 1 aliphatic heterocycles. The average Bonchev–Trinajstić information content (AvgIpc) is 3.28. The molecule has 0 aliphatic carbocycles. The van der Waals surface area contributed by atoms with Crippen molar-refractivity contribution in [3.63, 3.8) is 0 Å². The van der Waals surface area contributed by atoms with E-state index >= 15 is 0 Å². The highest BCUT2D eigenvalue weighted by Crippen LogP contribution is 2.35.